The number of carbonyl (C=O) groups excluding carboxylic acids is 1. The number of rotatable bonds is 0. The van der Waals surface area contributed by atoms with Crippen LogP contribution in [0.3, 0.4) is 0 Å². The second kappa shape index (κ2) is 2.61. The fourth-order valence-electron chi connectivity index (χ4n) is 2.80. The van der Waals surface area contributed by atoms with E-state index in [1.54, 1.807) is 4.90 Å². The van der Waals surface area contributed by atoms with Gasteiger partial charge in [-0.25, -0.2) is 4.79 Å². The number of nitrogens with zero attached hydrogens (tertiary/aromatic N) is 2. The average molecular weight is 183 g/mol. The van der Waals surface area contributed by atoms with Crippen LogP contribution in [0.25, 0.3) is 0 Å². The van der Waals surface area contributed by atoms with Crippen LogP contribution in [0.5, 0.6) is 0 Å². The van der Waals surface area contributed by atoms with E-state index in [2.05, 4.69) is 18.9 Å². The van der Waals surface area contributed by atoms with E-state index in [0.717, 1.165) is 26.2 Å². The molecule has 2 rings (SSSR count). The Balaban J connectivity index is 2.10. The fraction of sp³-hybridized carbons (Fsp3) is 0.889. The number of nitrogens with two attached hydrogens (primary N) is 1. The molecule has 4 heteroatoms. The number of urea groups is 1. The Morgan fingerprint density at radius 2 is 2.15 bits per heavy atom. The summed E-state index contributed by atoms with van der Waals surface area (Å²) >= 11 is 0. The van der Waals surface area contributed by atoms with E-state index < -0.39 is 0 Å². The second-order valence-corrected chi connectivity index (χ2v) is 4.77. The highest BCUT2D eigenvalue weighted by atomic mass is 16.2. The van der Waals surface area contributed by atoms with Crippen LogP contribution in [0, 0.1) is 11.3 Å². The third kappa shape index (κ3) is 1.29. The molecule has 2 N–H and O–H groups in total. The average Bonchev–Trinajstić information content (AvgIpc) is 2.38. The highest BCUT2D eigenvalue weighted by Crippen LogP contribution is 2.41. The minimum absolute atomic E-state index is 0.265. The van der Waals surface area contributed by atoms with Crippen LogP contribution in [0.1, 0.15) is 6.92 Å². The zero-order chi connectivity index (χ0) is 9.64. The van der Waals surface area contributed by atoms with Crippen molar-refractivity contribution in [1.29, 1.82) is 0 Å². The van der Waals surface area contributed by atoms with Crippen LogP contribution in [0.4, 0.5) is 4.79 Å². The van der Waals surface area contributed by atoms with Gasteiger partial charge >= 0.3 is 6.03 Å². The molecule has 2 aliphatic rings. The molecular formula is C9H17N3O. The number of likely N-dealkylation sites (tertiary alicyclic amines) is 2. The summed E-state index contributed by atoms with van der Waals surface area (Å²) in [6, 6.07) is -0.265. The molecule has 13 heavy (non-hydrogen) atoms. The maximum Gasteiger partial charge on any atom is 0.314 e. The molecular weight excluding hydrogens is 166 g/mol. The summed E-state index contributed by atoms with van der Waals surface area (Å²) in [6.07, 6.45) is 0. The summed E-state index contributed by atoms with van der Waals surface area (Å²) in [4.78, 5) is 15.1. The van der Waals surface area contributed by atoms with Crippen molar-refractivity contribution in [3.63, 3.8) is 0 Å². The van der Waals surface area contributed by atoms with Crippen LogP contribution < -0.4 is 5.73 Å². The molecule has 0 spiro atoms. The molecule has 0 radical (unpaired) electrons. The minimum Gasteiger partial charge on any atom is -0.351 e. The lowest BCUT2D eigenvalue weighted by atomic mass is 9.83. The quantitative estimate of drug-likeness (QED) is 0.572. The molecule has 0 aromatic carbocycles. The number of hydrogen-bond acceptors (Lipinski definition) is 2. The van der Waals surface area contributed by atoms with Crippen molar-refractivity contribution in [1.82, 2.24) is 9.80 Å². The van der Waals surface area contributed by atoms with Crippen LogP contribution in [0.15, 0.2) is 0 Å². The van der Waals surface area contributed by atoms with Gasteiger partial charge in [-0.1, -0.05) is 6.92 Å². The molecule has 0 bridgehead atoms. The number of fused-ring (bicyclic) bond motifs is 1. The molecule has 2 amide bonds. The smallest absolute Gasteiger partial charge is 0.314 e. The van der Waals surface area contributed by atoms with Crippen LogP contribution >= 0.6 is 0 Å². The SMILES string of the molecule is CN1C[C@@H]2CN(C(N)=O)C[C@]2(C)C1. The molecule has 0 saturated carbocycles. The normalized spacial score (nSPS) is 39.5. The van der Waals surface area contributed by atoms with Gasteiger partial charge in [-0.15, -0.1) is 0 Å². The third-order valence-electron chi connectivity index (χ3n) is 3.45. The molecule has 4 nitrogen and oxygen atoms in total. The van der Waals surface area contributed by atoms with Crippen molar-refractivity contribution in [2.45, 2.75) is 6.92 Å². The molecule has 0 aromatic rings. The Bertz CT molecular complexity index is 243. The Hall–Kier alpha value is -0.770. The van der Waals surface area contributed by atoms with E-state index in [9.17, 15) is 4.79 Å². The summed E-state index contributed by atoms with van der Waals surface area (Å²) < 4.78 is 0. The molecule has 2 aliphatic heterocycles. The molecule has 0 aliphatic carbocycles. The maximum atomic E-state index is 11.0. The van der Waals surface area contributed by atoms with Crippen molar-refractivity contribution in [3.8, 4) is 0 Å². The largest absolute Gasteiger partial charge is 0.351 e. The molecule has 0 unspecified atom stereocenters. The first-order valence-corrected chi connectivity index (χ1v) is 4.74. The standard InChI is InChI=1S/C9H17N3O/c1-9-5-11(2)3-7(9)4-12(6-9)8(10)13/h7H,3-6H2,1-2H3,(H2,10,13)/t7-,9+/m1/s1. The Morgan fingerprint density at radius 3 is 2.69 bits per heavy atom. The predicted molar refractivity (Wildman–Crippen MR) is 50.3 cm³/mol. The van der Waals surface area contributed by atoms with Crippen molar-refractivity contribution in [2.75, 3.05) is 33.2 Å². The van der Waals surface area contributed by atoms with E-state index in [0.29, 0.717) is 5.92 Å². The van der Waals surface area contributed by atoms with Gasteiger partial charge in [0, 0.05) is 31.6 Å². The summed E-state index contributed by atoms with van der Waals surface area (Å²) in [5.74, 6) is 0.616. The van der Waals surface area contributed by atoms with Gasteiger partial charge in [0.15, 0.2) is 0 Å². The van der Waals surface area contributed by atoms with Crippen molar-refractivity contribution >= 4 is 6.03 Å². The minimum atomic E-state index is -0.265. The maximum absolute atomic E-state index is 11.0. The van der Waals surface area contributed by atoms with Gasteiger partial charge in [0.1, 0.15) is 0 Å². The fourth-order valence-corrected chi connectivity index (χ4v) is 2.80. The first-order chi connectivity index (χ1) is 6.01. The van der Waals surface area contributed by atoms with Gasteiger partial charge in [0.05, 0.1) is 0 Å². The van der Waals surface area contributed by atoms with E-state index in [1.165, 1.54) is 0 Å². The zero-order valence-corrected chi connectivity index (χ0v) is 8.29. The number of hydrogen-bond donors (Lipinski definition) is 1. The highest BCUT2D eigenvalue weighted by molar-refractivity contribution is 5.72. The van der Waals surface area contributed by atoms with E-state index in [-0.39, 0.29) is 11.4 Å². The number of amides is 2. The Morgan fingerprint density at radius 1 is 1.46 bits per heavy atom. The molecule has 74 valence electrons. The first-order valence-electron chi connectivity index (χ1n) is 4.74. The Labute approximate surface area is 78.7 Å². The van der Waals surface area contributed by atoms with E-state index in [4.69, 9.17) is 5.73 Å². The van der Waals surface area contributed by atoms with Gasteiger partial charge in [-0.3, -0.25) is 0 Å². The zero-order valence-electron chi connectivity index (χ0n) is 8.29. The van der Waals surface area contributed by atoms with Crippen LogP contribution in [-0.4, -0.2) is 49.1 Å². The van der Waals surface area contributed by atoms with E-state index >= 15 is 0 Å². The topological polar surface area (TPSA) is 49.6 Å². The molecule has 2 heterocycles. The highest BCUT2D eigenvalue weighted by Gasteiger charge is 2.48. The second-order valence-electron chi connectivity index (χ2n) is 4.77. The summed E-state index contributed by atoms with van der Waals surface area (Å²) in [5.41, 5.74) is 5.55. The van der Waals surface area contributed by atoms with Crippen LogP contribution in [-0.2, 0) is 0 Å². The van der Waals surface area contributed by atoms with Crippen molar-refractivity contribution in [3.05, 3.63) is 0 Å². The van der Waals surface area contributed by atoms with Gasteiger partial charge < -0.3 is 15.5 Å². The van der Waals surface area contributed by atoms with Gasteiger partial charge in [0.2, 0.25) is 0 Å². The third-order valence-corrected chi connectivity index (χ3v) is 3.45. The molecule has 2 fully saturated rings. The Kier molecular flexibility index (Phi) is 1.77. The molecule has 2 atom stereocenters. The molecule has 2 saturated heterocycles. The lowest BCUT2D eigenvalue weighted by Gasteiger charge is -2.22. The van der Waals surface area contributed by atoms with Gasteiger partial charge in [-0.05, 0) is 13.0 Å². The lowest BCUT2D eigenvalue weighted by molar-refractivity contribution is 0.205. The number of primary amides is 1. The first kappa shape index (κ1) is 8.81. The van der Waals surface area contributed by atoms with Gasteiger partial charge in [0.25, 0.3) is 0 Å². The van der Waals surface area contributed by atoms with Crippen molar-refractivity contribution in [2.24, 2.45) is 17.1 Å². The number of carbonyl (C=O) groups is 1. The summed E-state index contributed by atoms with van der Waals surface area (Å²) in [6.45, 7) is 6.11. The molecule has 0 aromatic heterocycles. The lowest BCUT2D eigenvalue weighted by Crippen LogP contribution is -2.37. The monoisotopic (exact) mass is 183 g/mol. The summed E-state index contributed by atoms with van der Waals surface area (Å²) in [7, 11) is 2.14. The van der Waals surface area contributed by atoms with Gasteiger partial charge in [-0.2, -0.15) is 0 Å². The van der Waals surface area contributed by atoms with Crippen molar-refractivity contribution < 1.29 is 4.79 Å². The summed E-state index contributed by atoms with van der Waals surface area (Å²) in [5, 5.41) is 0. The van der Waals surface area contributed by atoms with Crippen LogP contribution in [0.2, 0.25) is 0 Å². The van der Waals surface area contributed by atoms with E-state index in [1.807, 2.05) is 0 Å². The predicted octanol–water partition coefficient (Wildman–Crippen LogP) is -0.0514.